The van der Waals surface area contributed by atoms with Crippen LogP contribution in [0.15, 0.2) is 47.7 Å². The summed E-state index contributed by atoms with van der Waals surface area (Å²) < 4.78 is 0. The van der Waals surface area contributed by atoms with E-state index in [1.165, 1.54) is 0 Å². The summed E-state index contributed by atoms with van der Waals surface area (Å²) in [5.74, 6) is -0.259. The Labute approximate surface area is 116 Å². The van der Waals surface area contributed by atoms with Crippen LogP contribution in [0.3, 0.4) is 0 Å². The Hall–Kier alpha value is -2.07. The summed E-state index contributed by atoms with van der Waals surface area (Å²) in [7, 11) is 0. The van der Waals surface area contributed by atoms with E-state index in [2.05, 4.69) is 15.5 Å². The van der Waals surface area contributed by atoms with Gasteiger partial charge in [-0.15, -0.1) is 0 Å². The number of hydrogen-bond acceptors (Lipinski definition) is 2. The van der Waals surface area contributed by atoms with E-state index in [4.69, 9.17) is 11.6 Å². The first-order chi connectivity index (χ1) is 9.20. The van der Waals surface area contributed by atoms with Gasteiger partial charge in [0.25, 0.3) is 5.91 Å². The molecule has 1 amide bonds. The maximum atomic E-state index is 11.7. The van der Waals surface area contributed by atoms with Crippen molar-refractivity contribution in [2.75, 3.05) is 0 Å². The number of nitrogens with one attached hydrogen (secondary N) is 2. The number of hydrazone groups is 1. The SMILES string of the molecule is CC/C(=N/NC(=O)c1ccc[nH]1)c1ccc(Cl)cc1. The van der Waals surface area contributed by atoms with E-state index in [1.807, 2.05) is 19.1 Å². The predicted molar refractivity (Wildman–Crippen MR) is 76.5 cm³/mol. The van der Waals surface area contributed by atoms with Crippen molar-refractivity contribution in [3.8, 4) is 0 Å². The Kier molecular flexibility index (Phi) is 4.36. The largest absolute Gasteiger partial charge is 0.357 e. The average molecular weight is 276 g/mol. The van der Waals surface area contributed by atoms with Crippen LogP contribution in [0.2, 0.25) is 5.02 Å². The van der Waals surface area contributed by atoms with Crippen LogP contribution >= 0.6 is 11.6 Å². The summed E-state index contributed by atoms with van der Waals surface area (Å²) in [5, 5.41) is 4.83. The number of rotatable bonds is 4. The molecule has 4 nitrogen and oxygen atoms in total. The Bertz CT molecular complexity index is 573. The zero-order valence-electron chi connectivity index (χ0n) is 10.5. The van der Waals surface area contributed by atoms with Crippen LogP contribution in [0, 0.1) is 0 Å². The Morgan fingerprint density at radius 3 is 2.63 bits per heavy atom. The van der Waals surface area contributed by atoms with Gasteiger partial charge >= 0.3 is 0 Å². The summed E-state index contributed by atoms with van der Waals surface area (Å²) in [6.07, 6.45) is 2.41. The molecule has 0 saturated carbocycles. The Morgan fingerprint density at radius 1 is 1.32 bits per heavy atom. The summed E-state index contributed by atoms with van der Waals surface area (Å²) in [6.45, 7) is 1.98. The molecule has 0 aliphatic heterocycles. The molecule has 1 aromatic heterocycles. The first-order valence-corrected chi connectivity index (χ1v) is 6.34. The summed E-state index contributed by atoms with van der Waals surface area (Å²) in [6, 6.07) is 10.8. The van der Waals surface area contributed by atoms with Gasteiger partial charge in [-0.1, -0.05) is 30.7 Å². The zero-order chi connectivity index (χ0) is 13.7. The van der Waals surface area contributed by atoms with Gasteiger partial charge in [-0.3, -0.25) is 4.79 Å². The molecule has 0 radical (unpaired) electrons. The molecule has 0 aliphatic carbocycles. The van der Waals surface area contributed by atoms with Crippen molar-refractivity contribution in [3.63, 3.8) is 0 Å². The van der Waals surface area contributed by atoms with Crippen LogP contribution in [0.5, 0.6) is 0 Å². The fourth-order valence-corrected chi connectivity index (χ4v) is 1.77. The van der Waals surface area contributed by atoms with E-state index < -0.39 is 0 Å². The molecule has 2 N–H and O–H groups in total. The minimum Gasteiger partial charge on any atom is -0.357 e. The predicted octanol–water partition coefficient (Wildman–Crippen LogP) is 3.21. The highest BCUT2D eigenvalue weighted by atomic mass is 35.5. The van der Waals surface area contributed by atoms with E-state index in [0.29, 0.717) is 17.1 Å². The number of aromatic nitrogens is 1. The van der Waals surface area contributed by atoms with Crippen molar-refractivity contribution in [1.82, 2.24) is 10.4 Å². The van der Waals surface area contributed by atoms with Gasteiger partial charge in [0.2, 0.25) is 0 Å². The zero-order valence-corrected chi connectivity index (χ0v) is 11.2. The number of amides is 1. The van der Waals surface area contributed by atoms with E-state index in [-0.39, 0.29) is 5.91 Å². The van der Waals surface area contributed by atoms with Gasteiger partial charge in [-0.05, 0) is 36.2 Å². The molecule has 5 heteroatoms. The van der Waals surface area contributed by atoms with E-state index in [0.717, 1.165) is 11.3 Å². The van der Waals surface area contributed by atoms with Crippen molar-refractivity contribution >= 4 is 23.2 Å². The van der Waals surface area contributed by atoms with Gasteiger partial charge in [-0.2, -0.15) is 5.10 Å². The maximum absolute atomic E-state index is 11.7. The number of halogens is 1. The summed E-state index contributed by atoms with van der Waals surface area (Å²) in [5.41, 5.74) is 4.76. The Morgan fingerprint density at radius 2 is 2.05 bits per heavy atom. The number of aromatic amines is 1. The van der Waals surface area contributed by atoms with Crippen molar-refractivity contribution < 1.29 is 4.79 Å². The average Bonchev–Trinajstić information content (AvgIpc) is 2.95. The van der Waals surface area contributed by atoms with Gasteiger partial charge in [0.05, 0.1) is 5.71 Å². The lowest BCUT2D eigenvalue weighted by Crippen LogP contribution is -2.20. The van der Waals surface area contributed by atoms with Gasteiger partial charge in [0, 0.05) is 11.2 Å². The first-order valence-electron chi connectivity index (χ1n) is 5.97. The minimum atomic E-state index is -0.259. The van der Waals surface area contributed by atoms with Crippen LogP contribution in [0.1, 0.15) is 29.4 Å². The van der Waals surface area contributed by atoms with Crippen molar-refractivity contribution in [1.29, 1.82) is 0 Å². The molecule has 19 heavy (non-hydrogen) atoms. The second kappa shape index (κ2) is 6.20. The molecule has 0 fully saturated rings. The molecule has 1 heterocycles. The van der Waals surface area contributed by atoms with Crippen molar-refractivity contribution in [2.24, 2.45) is 5.10 Å². The molecule has 0 bridgehead atoms. The van der Waals surface area contributed by atoms with E-state index in [1.54, 1.807) is 30.5 Å². The molecular formula is C14H14ClN3O. The van der Waals surface area contributed by atoms with Gasteiger partial charge in [0.15, 0.2) is 0 Å². The quantitative estimate of drug-likeness (QED) is 0.653. The van der Waals surface area contributed by atoms with Crippen LogP contribution < -0.4 is 5.43 Å². The van der Waals surface area contributed by atoms with Crippen molar-refractivity contribution in [2.45, 2.75) is 13.3 Å². The van der Waals surface area contributed by atoms with Crippen LogP contribution in [0.25, 0.3) is 0 Å². The lowest BCUT2D eigenvalue weighted by molar-refractivity contribution is 0.0950. The third-order valence-corrected chi connectivity index (χ3v) is 2.90. The van der Waals surface area contributed by atoms with E-state index in [9.17, 15) is 4.79 Å². The Balaban J connectivity index is 2.11. The molecular weight excluding hydrogens is 262 g/mol. The highest BCUT2D eigenvalue weighted by Crippen LogP contribution is 2.11. The number of carbonyl (C=O) groups is 1. The molecule has 0 unspecified atom stereocenters. The molecule has 0 saturated heterocycles. The summed E-state index contributed by atoms with van der Waals surface area (Å²) in [4.78, 5) is 14.6. The van der Waals surface area contributed by atoms with Gasteiger partial charge < -0.3 is 4.98 Å². The third kappa shape index (κ3) is 3.45. The molecule has 0 spiro atoms. The van der Waals surface area contributed by atoms with Crippen LogP contribution in [-0.4, -0.2) is 16.6 Å². The fourth-order valence-electron chi connectivity index (χ4n) is 1.64. The molecule has 0 atom stereocenters. The lowest BCUT2D eigenvalue weighted by Gasteiger charge is -2.04. The highest BCUT2D eigenvalue weighted by Gasteiger charge is 2.06. The molecule has 98 valence electrons. The molecule has 2 aromatic rings. The topological polar surface area (TPSA) is 57.2 Å². The second-order valence-electron chi connectivity index (χ2n) is 3.94. The van der Waals surface area contributed by atoms with Crippen LogP contribution in [-0.2, 0) is 0 Å². The maximum Gasteiger partial charge on any atom is 0.287 e. The number of hydrogen-bond donors (Lipinski definition) is 2. The smallest absolute Gasteiger partial charge is 0.287 e. The number of carbonyl (C=O) groups excluding carboxylic acids is 1. The molecule has 0 aliphatic rings. The third-order valence-electron chi connectivity index (χ3n) is 2.65. The first kappa shape index (κ1) is 13.4. The second-order valence-corrected chi connectivity index (χ2v) is 4.38. The van der Waals surface area contributed by atoms with E-state index >= 15 is 0 Å². The molecule has 1 aromatic carbocycles. The van der Waals surface area contributed by atoms with Gasteiger partial charge in [0.1, 0.15) is 5.69 Å². The minimum absolute atomic E-state index is 0.259. The highest BCUT2D eigenvalue weighted by molar-refractivity contribution is 6.30. The summed E-state index contributed by atoms with van der Waals surface area (Å²) >= 11 is 5.84. The van der Waals surface area contributed by atoms with Crippen molar-refractivity contribution in [3.05, 3.63) is 58.9 Å². The number of H-pyrrole nitrogens is 1. The lowest BCUT2D eigenvalue weighted by atomic mass is 10.1. The van der Waals surface area contributed by atoms with Gasteiger partial charge in [-0.25, -0.2) is 5.43 Å². The molecule has 2 rings (SSSR count). The standard InChI is InChI=1S/C14H14ClN3O/c1-2-12(10-5-7-11(15)8-6-10)17-18-14(19)13-4-3-9-16-13/h3-9,16H,2H2,1H3,(H,18,19)/b17-12-. The number of benzene rings is 1. The fraction of sp³-hybridized carbons (Fsp3) is 0.143. The normalized spacial score (nSPS) is 11.4. The van der Waals surface area contributed by atoms with Crippen LogP contribution in [0.4, 0.5) is 0 Å². The monoisotopic (exact) mass is 275 g/mol. The number of nitrogens with zero attached hydrogens (tertiary/aromatic N) is 1.